The second kappa shape index (κ2) is 12.7. The van der Waals surface area contributed by atoms with Crippen molar-refractivity contribution in [2.75, 3.05) is 26.3 Å². The number of aliphatic hydroxyl groups is 1. The maximum absolute atomic E-state index is 12.3. The van der Waals surface area contributed by atoms with Gasteiger partial charge in [-0.25, -0.2) is 5.48 Å². The van der Waals surface area contributed by atoms with Crippen molar-refractivity contribution in [3.05, 3.63) is 76.9 Å². The molecule has 2 amide bonds. The van der Waals surface area contributed by atoms with Gasteiger partial charge in [0.05, 0.1) is 19.3 Å². The van der Waals surface area contributed by atoms with Gasteiger partial charge < -0.3 is 15.2 Å². The molecule has 1 aliphatic heterocycles. The van der Waals surface area contributed by atoms with Gasteiger partial charge in [0, 0.05) is 30.8 Å². The van der Waals surface area contributed by atoms with Crippen molar-refractivity contribution in [3.8, 4) is 11.8 Å². The lowest BCUT2D eigenvalue weighted by Crippen LogP contribution is -2.51. The summed E-state index contributed by atoms with van der Waals surface area (Å²) in [5.41, 5.74) is 4.78. The van der Waals surface area contributed by atoms with Gasteiger partial charge in [-0.15, -0.1) is 0 Å². The van der Waals surface area contributed by atoms with E-state index >= 15 is 0 Å². The summed E-state index contributed by atoms with van der Waals surface area (Å²) in [6, 6.07) is 13.7. The number of amides is 2. The van der Waals surface area contributed by atoms with E-state index in [0.29, 0.717) is 5.56 Å². The summed E-state index contributed by atoms with van der Waals surface area (Å²) in [6.45, 7) is 5.78. The van der Waals surface area contributed by atoms with E-state index in [2.05, 4.69) is 46.3 Å². The van der Waals surface area contributed by atoms with E-state index < -0.39 is 24.0 Å². The van der Waals surface area contributed by atoms with Crippen molar-refractivity contribution in [2.45, 2.75) is 25.6 Å². The van der Waals surface area contributed by atoms with Gasteiger partial charge >= 0.3 is 0 Å². The largest absolute Gasteiger partial charge is 0.391 e. The fourth-order valence-corrected chi connectivity index (χ4v) is 3.42. The van der Waals surface area contributed by atoms with Gasteiger partial charge in [-0.1, -0.05) is 36.1 Å². The van der Waals surface area contributed by atoms with Gasteiger partial charge in [-0.3, -0.25) is 19.7 Å². The lowest BCUT2D eigenvalue weighted by Gasteiger charge is -2.26. The highest BCUT2D eigenvalue weighted by Gasteiger charge is 2.25. The fourth-order valence-electron chi connectivity index (χ4n) is 3.42. The Bertz CT molecular complexity index is 1050. The molecule has 2 aromatic rings. The molecule has 0 radical (unpaired) electrons. The van der Waals surface area contributed by atoms with Gasteiger partial charge in [0.2, 0.25) is 0 Å². The number of rotatable bonds is 7. The maximum Gasteiger partial charge on any atom is 0.268 e. The molecule has 2 aromatic carbocycles. The molecule has 3 rings (SSSR count). The van der Waals surface area contributed by atoms with E-state index in [1.165, 1.54) is 18.0 Å². The van der Waals surface area contributed by atoms with Crippen molar-refractivity contribution in [1.82, 2.24) is 15.7 Å². The molecule has 178 valence electrons. The summed E-state index contributed by atoms with van der Waals surface area (Å²) >= 11 is 0. The fraction of sp³-hybridized carbons (Fsp3) is 0.308. The first-order valence-corrected chi connectivity index (χ1v) is 11.1. The number of hydroxylamine groups is 1. The van der Waals surface area contributed by atoms with E-state index in [4.69, 9.17) is 9.94 Å². The average molecular weight is 464 g/mol. The smallest absolute Gasteiger partial charge is 0.268 e. The summed E-state index contributed by atoms with van der Waals surface area (Å²) in [5, 5.41) is 20.7. The Morgan fingerprint density at radius 2 is 1.79 bits per heavy atom. The number of nitrogens with zero attached hydrogens (tertiary/aromatic N) is 1. The molecule has 0 aromatic heterocycles. The summed E-state index contributed by atoms with van der Waals surface area (Å²) in [4.78, 5) is 26.2. The molecule has 0 saturated carbocycles. The molecule has 1 aliphatic rings. The number of nitrogens with one attached hydrogen (secondary N) is 2. The molecule has 2 atom stereocenters. The normalized spacial score (nSPS) is 15.7. The van der Waals surface area contributed by atoms with E-state index in [-0.39, 0.29) is 0 Å². The maximum atomic E-state index is 12.3. The van der Waals surface area contributed by atoms with Crippen LogP contribution in [0.25, 0.3) is 6.08 Å². The number of hydrogen-bond donors (Lipinski definition) is 4. The first kappa shape index (κ1) is 25.1. The zero-order valence-electron chi connectivity index (χ0n) is 19.0. The molecule has 1 fully saturated rings. The molecule has 0 bridgehead atoms. The SMILES string of the molecule is C[C@@H](O)[C@H](NC(=O)c1ccc(C#C/C=C/c2ccc(CN3CCOCC3)cc2)cc1)C(=O)NO. The summed E-state index contributed by atoms with van der Waals surface area (Å²) in [7, 11) is 0. The first-order chi connectivity index (χ1) is 16.5. The van der Waals surface area contributed by atoms with Crippen LogP contribution in [0.5, 0.6) is 0 Å². The zero-order chi connectivity index (χ0) is 24.3. The molecule has 8 nitrogen and oxygen atoms in total. The molecule has 0 unspecified atom stereocenters. The average Bonchev–Trinajstić information content (AvgIpc) is 2.86. The van der Waals surface area contributed by atoms with Crippen LogP contribution in [0.3, 0.4) is 0 Å². The van der Waals surface area contributed by atoms with Crippen molar-refractivity contribution in [2.24, 2.45) is 0 Å². The number of benzene rings is 2. The van der Waals surface area contributed by atoms with Crippen molar-refractivity contribution < 1.29 is 24.6 Å². The van der Waals surface area contributed by atoms with Gasteiger partial charge in [0.15, 0.2) is 0 Å². The molecule has 0 spiro atoms. The van der Waals surface area contributed by atoms with Crippen LogP contribution in [-0.4, -0.2) is 65.5 Å². The first-order valence-electron chi connectivity index (χ1n) is 11.1. The van der Waals surface area contributed by atoms with E-state index in [1.807, 2.05) is 6.08 Å². The standard InChI is InChI=1S/C26H29N3O5/c1-19(30)24(26(32)28-33)27-25(31)23-12-10-21(11-13-23)5-3-2-4-20-6-8-22(9-7-20)18-29-14-16-34-17-15-29/h2,4,6-13,19,24,30,33H,14-18H2,1H3,(H,27,31)(H,28,32)/b4-2+/t19-,24+/m1/s1. The van der Waals surface area contributed by atoms with E-state index in [1.54, 1.807) is 30.3 Å². The minimum absolute atomic E-state index is 0.301. The highest BCUT2D eigenvalue weighted by molar-refractivity contribution is 5.97. The predicted molar refractivity (Wildman–Crippen MR) is 128 cm³/mol. The Kier molecular flexibility index (Phi) is 9.38. The Morgan fingerprint density at radius 1 is 1.12 bits per heavy atom. The van der Waals surface area contributed by atoms with Crippen LogP contribution >= 0.6 is 0 Å². The second-order valence-corrected chi connectivity index (χ2v) is 7.98. The molecule has 1 heterocycles. The lowest BCUT2D eigenvalue weighted by molar-refractivity contribution is -0.133. The molecular weight excluding hydrogens is 434 g/mol. The van der Waals surface area contributed by atoms with Crippen molar-refractivity contribution in [3.63, 3.8) is 0 Å². The number of carbonyl (C=O) groups excluding carboxylic acids is 2. The molecule has 34 heavy (non-hydrogen) atoms. The Balaban J connectivity index is 1.53. The van der Waals surface area contributed by atoms with Gasteiger partial charge in [-0.2, -0.15) is 0 Å². The third kappa shape index (κ3) is 7.54. The zero-order valence-corrected chi connectivity index (χ0v) is 19.0. The summed E-state index contributed by atoms with van der Waals surface area (Å²) in [6.07, 6.45) is 2.54. The van der Waals surface area contributed by atoms with Crippen LogP contribution in [0.15, 0.2) is 54.6 Å². The molecule has 1 saturated heterocycles. The topological polar surface area (TPSA) is 111 Å². The van der Waals surface area contributed by atoms with E-state index in [9.17, 15) is 14.7 Å². The Morgan fingerprint density at radius 3 is 2.41 bits per heavy atom. The minimum Gasteiger partial charge on any atom is -0.391 e. The number of morpholine rings is 1. The molecule has 8 heteroatoms. The van der Waals surface area contributed by atoms with Crippen LogP contribution in [0.1, 0.15) is 34.0 Å². The number of ether oxygens (including phenoxy) is 1. The summed E-state index contributed by atoms with van der Waals surface area (Å²) in [5.74, 6) is 4.54. The number of carbonyl (C=O) groups is 2. The quantitative estimate of drug-likeness (QED) is 0.282. The van der Waals surface area contributed by atoms with Gasteiger partial charge in [-0.05, 0) is 54.5 Å². The van der Waals surface area contributed by atoms with Crippen LogP contribution in [0.4, 0.5) is 0 Å². The lowest BCUT2D eigenvalue weighted by atomic mass is 10.1. The van der Waals surface area contributed by atoms with E-state index in [0.717, 1.165) is 44.0 Å². The predicted octanol–water partition coefficient (Wildman–Crippen LogP) is 1.57. The third-order valence-electron chi connectivity index (χ3n) is 5.37. The highest BCUT2D eigenvalue weighted by Crippen LogP contribution is 2.10. The van der Waals surface area contributed by atoms with Crippen LogP contribution < -0.4 is 10.8 Å². The van der Waals surface area contributed by atoms with Gasteiger partial charge in [0.1, 0.15) is 6.04 Å². The highest BCUT2D eigenvalue weighted by atomic mass is 16.5. The molecule has 0 aliphatic carbocycles. The number of allylic oxidation sites excluding steroid dienone is 1. The van der Waals surface area contributed by atoms with Gasteiger partial charge in [0.25, 0.3) is 11.8 Å². The van der Waals surface area contributed by atoms with Crippen LogP contribution in [0, 0.1) is 11.8 Å². The number of hydrogen-bond acceptors (Lipinski definition) is 6. The Labute approximate surface area is 199 Å². The van der Waals surface area contributed by atoms with Crippen molar-refractivity contribution in [1.29, 1.82) is 0 Å². The number of aliphatic hydroxyl groups excluding tert-OH is 1. The van der Waals surface area contributed by atoms with Crippen LogP contribution in [0.2, 0.25) is 0 Å². The monoisotopic (exact) mass is 463 g/mol. The summed E-state index contributed by atoms with van der Waals surface area (Å²) < 4.78 is 5.38. The van der Waals surface area contributed by atoms with Crippen molar-refractivity contribution >= 4 is 17.9 Å². The second-order valence-electron chi connectivity index (χ2n) is 7.98. The minimum atomic E-state index is -1.27. The third-order valence-corrected chi connectivity index (χ3v) is 5.37. The van der Waals surface area contributed by atoms with Crippen LogP contribution in [-0.2, 0) is 16.1 Å². The Hall–Kier alpha value is -3.48. The molecule has 4 N–H and O–H groups in total. The molecular formula is C26H29N3O5.